The van der Waals surface area contributed by atoms with E-state index in [0.717, 1.165) is 18.3 Å². The molecule has 118 valence electrons. The molecule has 0 amide bonds. The first kappa shape index (κ1) is 14.6. The molecule has 0 N–H and O–H groups in total. The van der Waals surface area contributed by atoms with Crippen LogP contribution in [0.3, 0.4) is 0 Å². The van der Waals surface area contributed by atoms with E-state index in [1.165, 1.54) is 33.3 Å². The number of hydrogen-bond donors (Lipinski definition) is 0. The lowest BCUT2D eigenvalue weighted by Crippen LogP contribution is -2.28. The van der Waals surface area contributed by atoms with E-state index in [9.17, 15) is 0 Å². The van der Waals surface area contributed by atoms with Gasteiger partial charge in [-0.2, -0.15) is 0 Å². The Hall–Kier alpha value is -2.00. The van der Waals surface area contributed by atoms with E-state index in [0.29, 0.717) is 0 Å². The molecule has 1 aromatic heterocycles. The minimum absolute atomic E-state index is 0.946. The highest BCUT2D eigenvalue weighted by atomic mass is 28.3. The number of aromatic nitrogens is 1. The maximum Gasteiger partial charge on any atom is 0.119 e. The second-order valence-electron chi connectivity index (χ2n) is 7.69. The minimum atomic E-state index is -1.23. The van der Waals surface area contributed by atoms with E-state index in [4.69, 9.17) is 4.74 Å². The van der Waals surface area contributed by atoms with Gasteiger partial charge in [-0.25, -0.2) is 0 Å². The predicted molar refractivity (Wildman–Crippen MR) is 100 cm³/mol. The summed E-state index contributed by atoms with van der Waals surface area (Å²) in [6.45, 7) is 7.32. The molecule has 0 aliphatic heterocycles. The van der Waals surface area contributed by atoms with E-state index >= 15 is 0 Å². The van der Waals surface area contributed by atoms with Crippen LogP contribution >= 0.6 is 0 Å². The summed E-state index contributed by atoms with van der Waals surface area (Å²) in [5.41, 5.74) is 7.12. The molecule has 0 spiro atoms. The number of ether oxygens (including phenoxy) is 1. The van der Waals surface area contributed by atoms with E-state index in [2.05, 4.69) is 66.7 Å². The fraction of sp³-hybridized carbons (Fsp3) is 0.300. The summed E-state index contributed by atoms with van der Waals surface area (Å²) in [5.74, 6) is 0.946. The van der Waals surface area contributed by atoms with Crippen molar-refractivity contribution in [3.8, 4) is 17.0 Å². The zero-order valence-electron chi connectivity index (χ0n) is 14.3. The molecule has 1 heterocycles. The van der Waals surface area contributed by atoms with Crippen molar-refractivity contribution < 1.29 is 4.74 Å². The Balaban J connectivity index is 2.03. The van der Waals surface area contributed by atoms with Crippen LogP contribution < -0.4 is 4.74 Å². The van der Waals surface area contributed by atoms with Crippen molar-refractivity contribution >= 4 is 19.0 Å². The SMILES string of the molecule is COc1ccc2c(c1)c1c(n2C[Si](C)(C)C)-c2ccccc2C1. The molecule has 0 unspecified atom stereocenters. The average molecular weight is 321 g/mol. The van der Waals surface area contributed by atoms with Crippen LogP contribution in [0, 0.1) is 0 Å². The predicted octanol–water partition coefficient (Wildman–Crippen LogP) is 5.10. The molecular weight excluding hydrogens is 298 g/mol. The zero-order valence-corrected chi connectivity index (χ0v) is 15.3. The second kappa shape index (κ2) is 5.00. The van der Waals surface area contributed by atoms with E-state index < -0.39 is 8.07 Å². The van der Waals surface area contributed by atoms with Gasteiger partial charge in [0.25, 0.3) is 0 Å². The number of rotatable bonds is 3. The molecule has 0 bridgehead atoms. The van der Waals surface area contributed by atoms with Gasteiger partial charge in [0.05, 0.1) is 20.9 Å². The van der Waals surface area contributed by atoms with Crippen molar-refractivity contribution in [3.63, 3.8) is 0 Å². The highest BCUT2D eigenvalue weighted by Crippen LogP contribution is 2.43. The Morgan fingerprint density at radius 3 is 2.61 bits per heavy atom. The van der Waals surface area contributed by atoms with Gasteiger partial charge in [0.1, 0.15) is 5.75 Å². The van der Waals surface area contributed by atoms with Gasteiger partial charge in [-0.05, 0) is 29.3 Å². The number of hydrogen-bond acceptors (Lipinski definition) is 1. The molecular formula is C20H23NOSi. The molecule has 1 aliphatic rings. The molecule has 0 saturated heterocycles. The van der Waals surface area contributed by atoms with Crippen molar-refractivity contribution in [1.82, 2.24) is 4.57 Å². The van der Waals surface area contributed by atoms with E-state index in [1.807, 2.05) is 0 Å². The summed E-state index contributed by atoms with van der Waals surface area (Å²) in [4.78, 5) is 0. The Kier molecular flexibility index (Phi) is 3.17. The third-order valence-corrected chi connectivity index (χ3v) is 5.91. The van der Waals surface area contributed by atoms with E-state index in [-0.39, 0.29) is 0 Å². The Morgan fingerprint density at radius 1 is 1.09 bits per heavy atom. The first-order valence-corrected chi connectivity index (χ1v) is 12.0. The highest BCUT2D eigenvalue weighted by molar-refractivity contribution is 6.75. The van der Waals surface area contributed by atoms with Gasteiger partial charge in [-0.1, -0.05) is 43.9 Å². The average Bonchev–Trinajstić information content (AvgIpc) is 3.02. The number of fused-ring (bicyclic) bond motifs is 5. The fourth-order valence-electron chi connectivity index (χ4n) is 3.75. The third kappa shape index (κ3) is 2.31. The molecule has 3 heteroatoms. The third-order valence-electron chi connectivity index (χ3n) is 4.65. The smallest absolute Gasteiger partial charge is 0.119 e. The number of benzene rings is 2. The molecule has 2 nitrogen and oxygen atoms in total. The van der Waals surface area contributed by atoms with Crippen molar-refractivity contribution in [2.75, 3.05) is 7.11 Å². The van der Waals surface area contributed by atoms with Crippen LogP contribution in [0.2, 0.25) is 19.6 Å². The van der Waals surface area contributed by atoms with Crippen LogP contribution in [0.25, 0.3) is 22.2 Å². The Morgan fingerprint density at radius 2 is 1.87 bits per heavy atom. The molecule has 0 saturated carbocycles. The number of nitrogens with zero attached hydrogens (tertiary/aromatic N) is 1. The maximum atomic E-state index is 5.47. The van der Waals surface area contributed by atoms with Crippen molar-refractivity contribution in [3.05, 3.63) is 53.6 Å². The topological polar surface area (TPSA) is 14.2 Å². The van der Waals surface area contributed by atoms with Gasteiger partial charge in [0, 0.05) is 29.1 Å². The normalized spacial score (nSPS) is 13.2. The summed E-state index contributed by atoms with van der Waals surface area (Å²) in [5, 5.41) is 1.36. The molecule has 0 atom stereocenters. The standard InChI is InChI=1S/C20H23NOSi/c1-22-15-9-10-19-17(12-15)18-11-14-7-5-6-8-16(14)20(18)21(19)13-23(2,3)4/h5-10,12H,11,13H2,1-4H3. The van der Waals surface area contributed by atoms with Crippen LogP contribution in [0.1, 0.15) is 11.1 Å². The van der Waals surface area contributed by atoms with Gasteiger partial charge in [0.2, 0.25) is 0 Å². The van der Waals surface area contributed by atoms with Crippen LogP contribution in [0.15, 0.2) is 42.5 Å². The molecule has 2 aromatic carbocycles. The fourth-order valence-corrected chi connectivity index (χ4v) is 5.03. The highest BCUT2D eigenvalue weighted by Gasteiger charge is 2.28. The largest absolute Gasteiger partial charge is 0.497 e. The van der Waals surface area contributed by atoms with Gasteiger partial charge < -0.3 is 9.30 Å². The summed E-state index contributed by atoms with van der Waals surface area (Å²) in [6.07, 6.45) is 2.19. The molecule has 23 heavy (non-hydrogen) atoms. The molecule has 0 radical (unpaired) electrons. The van der Waals surface area contributed by atoms with Gasteiger partial charge in [-0.3, -0.25) is 0 Å². The quantitative estimate of drug-likeness (QED) is 0.479. The van der Waals surface area contributed by atoms with Crippen molar-refractivity contribution in [2.45, 2.75) is 32.2 Å². The maximum absolute atomic E-state index is 5.47. The van der Waals surface area contributed by atoms with E-state index in [1.54, 1.807) is 7.11 Å². The zero-order chi connectivity index (χ0) is 16.2. The summed E-state index contributed by atoms with van der Waals surface area (Å²) < 4.78 is 8.04. The van der Waals surface area contributed by atoms with Gasteiger partial charge in [-0.15, -0.1) is 0 Å². The second-order valence-corrected chi connectivity index (χ2v) is 13.1. The number of methoxy groups -OCH3 is 1. The van der Waals surface area contributed by atoms with Crippen molar-refractivity contribution in [1.29, 1.82) is 0 Å². The lowest BCUT2D eigenvalue weighted by atomic mass is 10.1. The molecule has 4 rings (SSSR count). The Labute approximate surface area is 138 Å². The molecule has 1 aliphatic carbocycles. The monoisotopic (exact) mass is 321 g/mol. The summed E-state index contributed by atoms with van der Waals surface area (Å²) in [7, 11) is 0.512. The van der Waals surface area contributed by atoms with Crippen LogP contribution in [0.5, 0.6) is 5.75 Å². The lowest BCUT2D eigenvalue weighted by molar-refractivity contribution is 0.415. The summed E-state index contributed by atoms with van der Waals surface area (Å²) in [6, 6.07) is 15.4. The Bertz CT molecular complexity index is 902. The van der Waals surface area contributed by atoms with Gasteiger partial charge >= 0.3 is 0 Å². The minimum Gasteiger partial charge on any atom is -0.497 e. The first-order chi connectivity index (χ1) is 11.0. The van der Waals surface area contributed by atoms with Crippen LogP contribution in [-0.2, 0) is 12.6 Å². The molecule has 0 fully saturated rings. The van der Waals surface area contributed by atoms with Crippen LogP contribution in [0.4, 0.5) is 0 Å². The summed E-state index contributed by atoms with van der Waals surface area (Å²) >= 11 is 0. The van der Waals surface area contributed by atoms with Crippen molar-refractivity contribution in [2.24, 2.45) is 0 Å². The van der Waals surface area contributed by atoms with Crippen LogP contribution in [-0.4, -0.2) is 19.8 Å². The first-order valence-electron chi connectivity index (χ1n) is 8.25. The molecule has 3 aromatic rings. The lowest BCUT2D eigenvalue weighted by Gasteiger charge is -2.20. The van der Waals surface area contributed by atoms with Gasteiger partial charge in [0.15, 0.2) is 0 Å².